The zero-order chi connectivity index (χ0) is 13.7. The Morgan fingerprint density at radius 3 is 2.61 bits per heavy atom. The first kappa shape index (κ1) is 14.8. The third-order valence-corrected chi connectivity index (χ3v) is 3.02. The predicted octanol–water partition coefficient (Wildman–Crippen LogP) is 3.62. The minimum atomic E-state index is 0.115. The second-order valence-electron chi connectivity index (χ2n) is 5.15. The number of Topliss-reactive ketones (excluding diaryl/α,β-unsaturated/α-hetero) is 1. The van der Waals surface area contributed by atoms with Gasteiger partial charge in [0.05, 0.1) is 0 Å². The van der Waals surface area contributed by atoms with Crippen molar-refractivity contribution in [3.63, 3.8) is 0 Å². The van der Waals surface area contributed by atoms with E-state index in [4.69, 9.17) is 12.2 Å². The van der Waals surface area contributed by atoms with Crippen molar-refractivity contribution in [1.82, 2.24) is 0 Å². The standard InChI is InChI=1S/C15H20O2S/c1-10(2)6-14(18)9-13(16)7-12-5-4-11(3)15(17)8-12/h4-5,8,10,17H,6-7,9H2,1-3H3. The first-order chi connectivity index (χ1) is 8.38. The van der Waals surface area contributed by atoms with Gasteiger partial charge in [-0.2, -0.15) is 0 Å². The van der Waals surface area contributed by atoms with Crippen LogP contribution in [0.25, 0.3) is 0 Å². The van der Waals surface area contributed by atoms with E-state index in [-0.39, 0.29) is 11.5 Å². The van der Waals surface area contributed by atoms with Crippen molar-refractivity contribution in [3.8, 4) is 5.75 Å². The second kappa shape index (κ2) is 6.64. The lowest BCUT2D eigenvalue weighted by Gasteiger charge is -2.07. The van der Waals surface area contributed by atoms with Gasteiger partial charge in [-0.1, -0.05) is 38.2 Å². The summed E-state index contributed by atoms with van der Waals surface area (Å²) in [5, 5.41) is 9.58. The van der Waals surface area contributed by atoms with Gasteiger partial charge in [-0.3, -0.25) is 4.79 Å². The highest BCUT2D eigenvalue weighted by Crippen LogP contribution is 2.18. The van der Waals surface area contributed by atoms with E-state index in [0.29, 0.717) is 18.8 Å². The third-order valence-electron chi connectivity index (χ3n) is 2.71. The molecule has 1 aromatic rings. The molecule has 0 aliphatic rings. The molecule has 0 bridgehead atoms. The van der Waals surface area contributed by atoms with Crippen LogP contribution in [0.15, 0.2) is 18.2 Å². The van der Waals surface area contributed by atoms with Gasteiger partial charge in [0.15, 0.2) is 0 Å². The second-order valence-corrected chi connectivity index (χ2v) is 5.73. The Morgan fingerprint density at radius 2 is 2.06 bits per heavy atom. The van der Waals surface area contributed by atoms with E-state index < -0.39 is 0 Å². The Morgan fingerprint density at radius 1 is 1.39 bits per heavy atom. The number of hydrogen-bond acceptors (Lipinski definition) is 3. The van der Waals surface area contributed by atoms with E-state index in [1.807, 2.05) is 19.1 Å². The Bertz CT molecular complexity index is 450. The van der Waals surface area contributed by atoms with Gasteiger partial charge in [0.25, 0.3) is 0 Å². The highest BCUT2D eigenvalue weighted by atomic mass is 32.1. The van der Waals surface area contributed by atoms with Gasteiger partial charge in [0, 0.05) is 17.7 Å². The fraction of sp³-hybridized carbons (Fsp3) is 0.467. The predicted molar refractivity (Wildman–Crippen MR) is 78.2 cm³/mol. The summed E-state index contributed by atoms with van der Waals surface area (Å²) in [4.78, 5) is 12.7. The van der Waals surface area contributed by atoms with Gasteiger partial charge < -0.3 is 5.11 Å². The maximum Gasteiger partial charge on any atom is 0.142 e. The minimum Gasteiger partial charge on any atom is -0.508 e. The molecule has 18 heavy (non-hydrogen) atoms. The van der Waals surface area contributed by atoms with Crippen LogP contribution >= 0.6 is 12.2 Å². The van der Waals surface area contributed by atoms with Crippen molar-refractivity contribution in [2.75, 3.05) is 0 Å². The van der Waals surface area contributed by atoms with E-state index in [1.54, 1.807) is 6.07 Å². The van der Waals surface area contributed by atoms with Crippen LogP contribution in [0.4, 0.5) is 0 Å². The topological polar surface area (TPSA) is 37.3 Å². The highest BCUT2D eigenvalue weighted by molar-refractivity contribution is 7.80. The molecule has 0 heterocycles. The number of aromatic hydroxyl groups is 1. The summed E-state index contributed by atoms with van der Waals surface area (Å²) in [5.74, 6) is 0.850. The number of ketones is 1. The van der Waals surface area contributed by atoms with Crippen LogP contribution < -0.4 is 0 Å². The van der Waals surface area contributed by atoms with Gasteiger partial charge in [-0.05, 0) is 36.5 Å². The fourth-order valence-corrected chi connectivity index (χ4v) is 2.30. The van der Waals surface area contributed by atoms with Crippen LogP contribution in [0.1, 0.15) is 37.8 Å². The molecule has 98 valence electrons. The molecule has 0 saturated heterocycles. The van der Waals surface area contributed by atoms with Gasteiger partial charge in [-0.15, -0.1) is 0 Å². The van der Waals surface area contributed by atoms with Crippen LogP contribution in [-0.4, -0.2) is 15.8 Å². The number of carbonyl (C=O) groups is 1. The first-order valence-electron chi connectivity index (χ1n) is 6.20. The van der Waals surface area contributed by atoms with Crippen LogP contribution in [0.5, 0.6) is 5.75 Å². The van der Waals surface area contributed by atoms with Crippen molar-refractivity contribution in [2.45, 2.75) is 40.0 Å². The lowest BCUT2D eigenvalue weighted by atomic mass is 10.0. The summed E-state index contributed by atoms with van der Waals surface area (Å²) in [6, 6.07) is 5.35. The number of aryl methyl sites for hydroxylation is 1. The summed E-state index contributed by atoms with van der Waals surface area (Å²) in [7, 11) is 0. The highest BCUT2D eigenvalue weighted by Gasteiger charge is 2.09. The number of phenolic OH excluding ortho intramolecular Hbond substituents is 1. The Kier molecular flexibility index (Phi) is 5.48. The van der Waals surface area contributed by atoms with Crippen molar-refractivity contribution in [2.24, 2.45) is 5.92 Å². The minimum absolute atomic E-state index is 0.115. The van der Waals surface area contributed by atoms with Gasteiger partial charge >= 0.3 is 0 Å². The number of benzene rings is 1. The molecule has 0 radical (unpaired) electrons. The first-order valence-corrected chi connectivity index (χ1v) is 6.61. The average Bonchev–Trinajstić information content (AvgIpc) is 2.21. The van der Waals surface area contributed by atoms with Crippen molar-refractivity contribution in [1.29, 1.82) is 0 Å². The number of rotatable bonds is 6. The van der Waals surface area contributed by atoms with Gasteiger partial charge in [0.2, 0.25) is 0 Å². The Hall–Kier alpha value is -1.22. The van der Waals surface area contributed by atoms with Crippen LogP contribution in [0.3, 0.4) is 0 Å². The molecule has 0 atom stereocenters. The van der Waals surface area contributed by atoms with Crippen LogP contribution in [0, 0.1) is 12.8 Å². The third kappa shape index (κ3) is 4.96. The maximum absolute atomic E-state index is 11.8. The molecule has 0 aliphatic carbocycles. The molecular weight excluding hydrogens is 244 g/mol. The van der Waals surface area contributed by atoms with Gasteiger partial charge in [0.1, 0.15) is 11.5 Å². The van der Waals surface area contributed by atoms with Crippen molar-refractivity contribution in [3.05, 3.63) is 29.3 Å². The summed E-state index contributed by atoms with van der Waals surface area (Å²) < 4.78 is 0. The molecule has 0 aromatic heterocycles. The maximum atomic E-state index is 11.8. The van der Waals surface area contributed by atoms with Crippen LogP contribution in [0.2, 0.25) is 0 Å². The fourth-order valence-electron chi connectivity index (χ4n) is 1.80. The van der Waals surface area contributed by atoms with Gasteiger partial charge in [-0.25, -0.2) is 0 Å². The number of thiocarbonyl (C=S) groups is 1. The van der Waals surface area contributed by atoms with E-state index in [9.17, 15) is 9.90 Å². The largest absolute Gasteiger partial charge is 0.508 e. The monoisotopic (exact) mass is 264 g/mol. The molecule has 1 aromatic carbocycles. The molecule has 0 aliphatic heterocycles. The SMILES string of the molecule is Cc1ccc(CC(=O)CC(=S)CC(C)C)cc1O. The van der Waals surface area contributed by atoms with E-state index in [2.05, 4.69) is 13.8 Å². The molecule has 0 unspecified atom stereocenters. The number of hydrogen-bond donors (Lipinski definition) is 1. The smallest absolute Gasteiger partial charge is 0.142 e. The lowest BCUT2D eigenvalue weighted by molar-refractivity contribution is -0.117. The Labute approximate surface area is 114 Å². The van der Waals surface area contributed by atoms with E-state index >= 15 is 0 Å². The van der Waals surface area contributed by atoms with E-state index in [1.165, 1.54) is 0 Å². The molecular formula is C15H20O2S. The summed E-state index contributed by atoms with van der Waals surface area (Å²) in [6.07, 6.45) is 1.52. The zero-order valence-corrected chi connectivity index (χ0v) is 12.0. The van der Waals surface area contributed by atoms with Crippen LogP contribution in [-0.2, 0) is 11.2 Å². The summed E-state index contributed by atoms with van der Waals surface area (Å²) in [5.41, 5.74) is 1.66. The zero-order valence-electron chi connectivity index (χ0n) is 11.2. The molecule has 2 nitrogen and oxygen atoms in total. The summed E-state index contributed by atoms with van der Waals surface area (Å²) in [6.45, 7) is 6.02. The summed E-state index contributed by atoms with van der Waals surface area (Å²) >= 11 is 5.20. The molecule has 0 spiro atoms. The van der Waals surface area contributed by atoms with Crippen molar-refractivity contribution >= 4 is 22.9 Å². The number of carbonyl (C=O) groups excluding carboxylic acids is 1. The molecule has 3 heteroatoms. The Balaban J connectivity index is 2.54. The van der Waals surface area contributed by atoms with Crippen molar-refractivity contribution < 1.29 is 9.90 Å². The van der Waals surface area contributed by atoms with E-state index in [0.717, 1.165) is 22.4 Å². The molecule has 1 rings (SSSR count). The molecule has 1 N–H and O–H groups in total. The molecule has 0 fully saturated rings. The quantitative estimate of drug-likeness (QED) is 0.797. The molecule has 0 amide bonds. The lowest BCUT2D eigenvalue weighted by Crippen LogP contribution is -2.10. The molecule has 0 saturated carbocycles. The average molecular weight is 264 g/mol. The number of phenols is 1. The normalized spacial score (nSPS) is 10.7.